The molecule has 3 nitrogen and oxygen atoms in total. The van der Waals surface area contributed by atoms with Gasteiger partial charge in [0.1, 0.15) is 0 Å². The van der Waals surface area contributed by atoms with E-state index in [1.165, 1.54) is 37.1 Å². The summed E-state index contributed by atoms with van der Waals surface area (Å²) in [6.45, 7) is 5.63. The molecule has 0 radical (unpaired) electrons. The average Bonchev–Trinajstić information content (AvgIpc) is 2.82. The summed E-state index contributed by atoms with van der Waals surface area (Å²) in [5.41, 5.74) is 0. The molecule has 0 N–H and O–H groups in total. The van der Waals surface area contributed by atoms with Gasteiger partial charge in [-0.1, -0.05) is 73.0 Å². The number of unbranched alkanes of at least 4 members (excludes halogenated alkanes) is 2. The average molecular weight is 321 g/mol. The Balaban J connectivity index is 2.21. The second-order valence-corrected chi connectivity index (χ2v) is 8.21. The van der Waals surface area contributed by atoms with E-state index in [-0.39, 0.29) is 5.12 Å². The van der Waals surface area contributed by atoms with Crippen LogP contribution < -0.4 is 0 Å². The van der Waals surface area contributed by atoms with Crippen LogP contribution in [0.1, 0.15) is 26.2 Å². The van der Waals surface area contributed by atoms with Gasteiger partial charge in [0.15, 0.2) is 8.68 Å². The monoisotopic (exact) mass is 320 g/mol. The predicted molar refractivity (Wildman–Crippen MR) is 83.7 cm³/mol. The van der Waals surface area contributed by atoms with Crippen LogP contribution in [-0.2, 0) is 4.79 Å². The highest BCUT2D eigenvalue weighted by molar-refractivity contribution is 8.24. The van der Waals surface area contributed by atoms with E-state index in [4.69, 9.17) is 0 Å². The van der Waals surface area contributed by atoms with Crippen molar-refractivity contribution < 1.29 is 4.79 Å². The standard InChI is InChI=1S/C11H16N2OS4/c1-3-5-6-7-15-10-12-13-11(18-10)17-8-16-9(14)4-2/h4H,2-3,5-8H2,1H3. The molecule has 1 heterocycles. The predicted octanol–water partition coefficient (Wildman–Crippen LogP) is 4.32. The normalized spacial score (nSPS) is 10.5. The number of thioether (sulfide) groups is 3. The minimum Gasteiger partial charge on any atom is -0.282 e. The van der Waals surface area contributed by atoms with Crippen LogP contribution in [0.5, 0.6) is 0 Å². The van der Waals surface area contributed by atoms with Gasteiger partial charge < -0.3 is 0 Å². The number of nitrogens with zero attached hydrogens (tertiary/aromatic N) is 2. The summed E-state index contributed by atoms with van der Waals surface area (Å²) in [5, 5.41) is 8.89. The van der Waals surface area contributed by atoms with Gasteiger partial charge in [0.25, 0.3) is 0 Å². The Labute approximate surface area is 125 Å². The fourth-order valence-corrected chi connectivity index (χ4v) is 5.06. The molecule has 0 saturated carbocycles. The van der Waals surface area contributed by atoms with Crippen molar-refractivity contribution in [2.75, 3.05) is 10.8 Å². The maximum Gasteiger partial charge on any atom is 0.212 e. The molecular weight excluding hydrogens is 304 g/mol. The second-order valence-electron chi connectivity index (χ2n) is 3.32. The maximum atomic E-state index is 11.0. The molecule has 0 amide bonds. The number of aromatic nitrogens is 2. The molecular formula is C11H16N2OS4. The first-order valence-electron chi connectivity index (χ1n) is 5.64. The van der Waals surface area contributed by atoms with Crippen molar-refractivity contribution in [3.8, 4) is 0 Å². The fourth-order valence-electron chi connectivity index (χ4n) is 1.02. The Bertz CT molecular complexity index is 381. The number of carbonyl (C=O) groups excluding carboxylic acids is 1. The smallest absolute Gasteiger partial charge is 0.212 e. The van der Waals surface area contributed by atoms with Gasteiger partial charge in [-0.05, 0) is 12.5 Å². The van der Waals surface area contributed by atoms with E-state index in [0.29, 0.717) is 5.08 Å². The SMILES string of the molecule is C=CC(=O)SCSc1nnc(SCCCCC)s1. The molecule has 0 saturated heterocycles. The third-order valence-corrected chi connectivity index (χ3v) is 6.18. The molecule has 7 heteroatoms. The van der Waals surface area contributed by atoms with Crippen molar-refractivity contribution in [3.05, 3.63) is 12.7 Å². The van der Waals surface area contributed by atoms with Gasteiger partial charge in [-0.2, -0.15) is 0 Å². The van der Waals surface area contributed by atoms with Gasteiger partial charge in [-0.3, -0.25) is 4.79 Å². The molecule has 100 valence electrons. The van der Waals surface area contributed by atoms with Crippen molar-refractivity contribution in [1.82, 2.24) is 10.2 Å². The molecule has 0 aliphatic carbocycles. The van der Waals surface area contributed by atoms with Gasteiger partial charge in [-0.25, -0.2) is 0 Å². The highest BCUT2D eigenvalue weighted by Crippen LogP contribution is 2.31. The van der Waals surface area contributed by atoms with E-state index in [9.17, 15) is 4.79 Å². The molecule has 0 fully saturated rings. The van der Waals surface area contributed by atoms with Crippen LogP contribution in [0.15, 0.2) is 21.3 Å². The molecule has 1 rings (SSSR count). The number of hydrogen-bond donors (Lipinski definition) is 0. The highest BCUT2D eigenvalue weighted by atomic mass is 32.2. The maximum absolute atomic E-state index is 11.0. The molecule has 0 spiro atoms. The zero-order chi connectivity index (χ0) is 13.2. The van der Waals surface area contributed by atoms with E-state index in [0.717, 1.165) is 14.4 Å². The van der Waals surface area contributed by atoms with Crippen molar-refractivity contribution in [3.63, 3.8) is 0 Å². The molecule has 0 atom stereocenters. The summed E-state index contributed by atoms with van der Waals surface area (Å²) >= 11 is 6.17. The van der Waals surface area contributed by atoms with E-state index in [1.807, 2.05) is 0 Å². The lowest BCUT2D eigenvalue weighted by molar-refractivity contribution is -0.107. The first-order valence-corrected chi connectivity index (χ1v) is 9.42. The largest absolute Gasteiger partial charge is 0.282 e. The summed E-state index contributed by atoms with van der Waals surface area (Å²) in [7, 11) is 0. The fraction of sp³-hybridized carbons (Fsp3) is 0.545. The van der Waals surface area contributed by atoms with Crippen LogP contribution in [-0.4, -0.2) is 26.2 Å². The highest BCUT2D eigenvalue weighted by Gasteiger charge is 2.06. The Morgan fingerprint density at radius 2 is 2.06 bits per heavy atom. The number of rotatable bonds is 9. The summed E-state index contributed by atoms with van der Waals surface area (Å²) in [6, 6.07) is 0. The molecule has 0 aliphatic heterocycles. The van der Waals surface area contributed by atoms with Crippen LogP contribution in [0, 0.1) is 0 Å². The van der Waals surface area contributed by atoms with Crippen molar-refractivity contribution >= 4 is 51.7 Å². The molecule has 0 aromatic carbocycles. The second kappa shape index (κ2) is 9.89. The Kier molecular flexibility index (Phi) is 8.83. The van der Waals surface area contributed by atoms with Gasteiger partial charge in [0.2, 0.25) is 5.12 Å². The summed E-state index contributed by atoms with van der Waals surface area (Å²) in [4.78, 5) is 11.0. The Morgan fingerprint density at radius 1 is 1.33 bits per heavy atom. The molecule has 1 aromatic heterocycles. The lowest BCUT2D eigenvalue weighted by Gasteiger charge is -1.94. The quantitative estimate of drug-likeness (QED) is 0.292. The number of carbonyl (C=O) groups is 1. The van der Waals surface area contributed by atoms with Crippen LogP contribution in [0.2, 0.25) is 0 Å². The van der Waals surface area contributed by atoms with Crippen molar-refractivity contribution in [2.45, 2.75) is 34.9 Å². The van der Waals surface area contributed by atoms with Gasteiger partial charge in [0.05, 0.1) is 5.08 Å². The zero-order valence-corrected chi connectivity index (χ0v) is 13.5. The lowest BCUT2D eigenvalue weighted by Crippen LogP contribution is -1.83. The zero-order valence-electron chi connectivity index (χ0n) is 10.3. The minimum absolute atomic E-state index is 0.00109. The molecule has 0 aliphatic rings. The van der Waals surface area contributed by atoms with Gasteiger partial charge in [0, 0.05) is 5.75 Å². The van der Waals surface area contributed by atoms with Crippen LogP contribution >= 0.6 is 46.6 Å². The van der Waals surface area contributed by atoms with E-state index in [2.05, 4.69) is 23.7 Å². The van der Waals surface area contributed by atoms with Gasteiger partial charge >= 0.3 is 0 Å². The van der Waals surface area contributed by atoms with Crippen molar-refractivity contribution in [2.24, 2.45) is 0 Å². The molecule has 0 bridgehead atoms. The number of hydrogen-bond acceptors (Lipinski definition) is 7. The van der Waals surface area contributed by atoms with E-state index >= 15 is 0 Å². The lowest BCUT2D eigenvalue weighted by atomic mass is 10.3. The van der Waals surface area contributed by atoms with Crippen molar-refractivity contribution in [1.29, 1.82) is 0 Å². The van der Waals surface area contributed by atoms with Crippen LogP contribution in [0.3, 0.4) is 0 Å². The topological polar surface area (TPSA) is 42.9 Å². The molecule has 18 heavy (non-hydrogen) atoms. The van der Waals surface area contributed by atoms with Crippen LogP contribution in [0.4, 0.5) is 0 Å². The van der Waals surface area contributed by atoms with E-state index in [1.54, 1.807) is 34.9 Å². The first kappa shape index (κ1) is 16.1. The molecule has 1 aromatic rings. The third-order valence-electron chi connectivity index (χ3n) is 1.91. The van der Waals surface area contributed by atoms with E-state index < -0.39 is 0 Å². The van der Waals surface area contributed by atoms with Crippen LogP contribution in [0.25, 0.3) is 0 Å². The summed E-state index contributed by atoms with van der Waals surface area (Å²) < 4.78 is 1.95. The minimum atomic E-state index is 0.00109. The molecule has 0 unspecified atom stereocenters. The summed E-state index contributed by atoms with van der Waals surface area (Å²) in [5.74, 6) is 1.11. The van der Waals surface area contributed by atoms with Gasteiger partial charge in [-0.15, -0.1) is 10.2 Å². The Hall–Kier alpha value is 0.0200. The first-order chi connectivity index (χ1) is 8.76. The summed E-state index contributed by atoms with van der Waals surface area (Å²) in [6.07, 6.45) is 5.08. The third kappa shape index (κ3) is 6.82. The Morgan fingerprint density at radius 3 is 2.72 bits per heavy atom.